The summed E-state index contributed by atoms with van der Waals surface area (Å²) in [5.41, 5.74) is 1.70. The number of H-pyrrole nitrogens is 2. The number of hydrogen-bond donors (Lipinski definition) is 5. The van der Waals surface area contributed by atoms with Crippen molar-refractivity contribution in [3.8, 4) is 0 Å². The first-order valence-electron chi connectivity index (χ1n) is 8.67. The van der Waals surface area contributed by atoms with Crippen molar-refractivity contribution in [3.63, 3.8) is 0 Å². The third kappa shape index (κ3) is 52.5. The number of aliphatic hydroxyl groups is 2. The first-order chi connectivity index (χ1) is 16.6. The molecule has 22 heteroatoms. The molecule has 2 heterocycles. The average Bonchev–Trinajstić information content (AvgIpc) is 3.49. The largest absolute Gasteiger partial charge is 3.00 e. The van der Waals surface area contributed by atoms with Gasteiger partial charge in [0, 0.05) is 52.1 Å². The van der Waals surface area contributed by atoms with Gasteiger partial charge in [-0.05, 0) is 0 Å². The fourth-order valence-electron chi connectivity index (χ4n) is 1.41. The average molecular weight is 660 g/mol. The topological polar surface area (TPSA) is 333 Å². The van der Waals surface area contributed by atoms with Gasteiger partial charge in [-0.2, -0.15) is 0 Å². The number of imidazole rings is 2. The molecule has 0 bridgehead atoms. The zero-order valence-corrected chi connectivity index (χ0v) is 21.5. The van der Waals surface area contributed by atoms with Crippen LogP contribution < -0.4 is 5.32 Å². The molecule has 203 valence electrons. The Morgan fingerprint density at radius 3 is 1.28 bits per heavy atom. The minimum absolute atomic E-state index is 0. The molecule has 5 N–H and O–H groups in total. The summed E-state index contributed by atoms with van der Waals surface area (Å²) >= 11 is 0. The van der Waals surface area contributed by atoms with Gasteiger partial charge < -0.3 is 71.5 Å². The van der Waals surface area contributed by atoms with Crippen LogP contribution >= 0.6 is 0 Å². The Hall–Kier alpha value is -3.42. The summed E-state index contributed by atoms with van der Waals surface area (Å²) in [5, 5.41) is 61.5. The van der Waals surface area contributed by atoms with Gasteiger partial charge in [-0.3, -0.25) is 9.98 Å². The normalized spacial score (nSPS) is 8.56. The fourth-order valence-corrected chi connectivity index (χ4v) is 1.41. The summed E-state index contributed by atoms with van der Waals surface area (Å²) in [6, 6.07) is 0. The van der Waals surface area contributed by atoms with Crippen molar-refractivity contribution < 1.29 is 65.9 Å². The second-order valence-corrected chi connectivity index (χ2v) is 4.48. The number of nitrogens with one attached hydrogen (secondary N) is 3. The van der Waals surface area contributed by atoms with Crippen molar-refractivity contribution in [2.24, 2.45) is 9.98 Å². The monoisotopic (exact) mass is 661 g/mol. The smallest absolute Gasteiger partial charge is 0.400 e. The Morgan fingerprint density at radius 1 is 0.778 bits per heavy atom. The maximum absolute atomic E-state index is 8.25. The van der Waals surface area contributed by atoms with Crippen LogP contribution in [0.4, 0.5) is 0 Å². The summed E-state index contributed by atoms with van der Waals surface area (Å²) in [6.45, 7) is 3.13. The summed E-state index contributed by atoms with van der Waals surface area (Å²) in [5.74, 6) is 0. The van der Waals surface area contributed by atoms with Crippen LogP contribution in [0, 0.1) is 86.4 Å². The molecule has 36 heavy (non-hydrogen) atoms. The van der Waals surface area contributed by atoms with Crippen molar-refractivity contribution in [1.29, 1.82) is 0 Å². The van der Waals surface area contributed by atoms with Crippen molar-refractivity contribution in [1.82, 2.24) is 25.3 Å². The Balaban J connectivity index is -0.000000157. The van der Waals surface area contributed by atoms with E-state index in [-0.39, 0.29) is 40.4 Å². The third-order valence-corrected chi connectivity index (χ3v) is 2.32. The molecule has 0 atom stereocenters. The number of aromatic amines is 2. The Labute approximate surface area is 235 Å². The van der Waals surface area contributed by atoms with Crippen LogP contribution in [0.3, 0.4) is 0 Å². The van der Waals surface area contributed by atoms with Crippen molar-refractivity contribution in [2.45, 2.75) is 0 Å². The van der Waals surface area contributed by atoms with Gasteiger partial charge in [0.15, 0.2) is 0 Å². The Morgan fingerprint density at radius 2 is 1.06 bits per heavy atom. The Kier molecular flexibility index (Phi) is 42.9. The van der Waals surface area contributed by atoms with Crippen LogP contribution in [0.2, 0.25) is 0 Å². The maximum atomic E-state index is 8.25. The van der Waals surface area contributed by atoms with Crippen LogP contribution in [-0.2, 0) is 0 Å². The molecule has 1 radical (unpaired) electrons. The van der Waals surface area contributed by atoms with Gasteiger partial charge >= 0.3 is 40.4 Å². The number of aliphatic imine (C=N–C) groups is 2. The van der Waals surface area contributed by atoms with Gasteiger partial charge in [0.2, 0.25) is 0 Å². The molecule has 0 aliphatic carbocycles. The molecule has 0 aromatic carbocycles. The van der Waals surface area contributed by atoms with E-state index in [4.69, 9.17) is 56.2 Å². The van der Waals surface area contributed by atoms with E-state index < -0.39 is 15.3 Å². The van der Waals surface area contributed by atoms with Crippen LogP contribution in [-0.4, -0.2) is 98.2 Å². The second-order valence-electron chi connectivity index (χ2n) is 4.48. The van der Waals surface area contributed by atoms with Gasteiger partial charge in [-0.25, -0.2) is 9.97 Å². The molecule has 0 aliphatic rings. The number of aromatic nitrogens is 4. The van der Waals surface area contributed by atoms with Crippen LogP contribution in [0.5, 0.6) is 0 Å². The zero-order valence-electron chi connectivity index (χ0n) is 18.9. The molecule has 0 saturated heterocycles. The van der Waals surface area contributed by atoms with E-state index in [2.05, 4.69) is 35.2 Å². The standard InChI is InChI=1S/C12H17N7.2CH4O.3NO3.Sm/c1(3-14-5-11-7-16-9-18-11)13-2-4-15-6-12-8-17-10-19-12;2*1-2;3*2-1(3)4;/h5-10,13H,1-4H2,(H,16,18)(H,17,19);2*2H,1H3;;;;/q;;;3*-1;+3. The number of hydrogen-bond acceptors (Lipinski definition) is 16. The van der Waals surface area contributed by atoms with Gasteiger partial charge in [-0.15, -0.1) is 0 Å². The third-order valence-electron chi connectivity index (χ3n) is 2.32. The number of aliphatic hydroxyl groups excluding tert-OH is 2. The van der Waals surface area contributed by atoms with Gasteiger partial charge in [0.1, 0.15) is 0 Å². The first-order valence-corrected chi connectivity index (χ1v) is 8.67. The molecule has 2 aromatic heterocycles. The number of rotatable bonds is 8. The number of nitrogens with zero attached hydrogens (tertiary/aromatic N) is 7. The predicted octanol–water partition coefficient (Wildman–Crippen LogP) is -1.24. The SMILES string of the molecule is C(=NCCNCCN=Cc1c[nH]cn1)c1c[nH]cn1.CO.CO.O=[N+]([O-])[O-].O=[N+]([O-])[O-].O=[N+]([O-])[O-].[Sm+3]. The summed E-state index contributed by atoms with van der Waals surface area (Å²) in [4.78, 5) is 47.1. The van der Waals surface area contributed by atoms with E-state index >= 15 is 0 Å². The molecule has 0 amide bonds. The Bertz CT molecular complexity index is 690. The summed E-state index contributed by atoms with van der Waals surface area (Å²) < 4.78 is 0. The first kappa shape index (κ1) is 42.7. The van der Waals surface area contributed by atoms with Crippen LogP contribution in [0.15, 0.2) is 35.0 Å². The van der Waals surface area contributed by atoms with E-state index in [0.717, 1.165) is 51.8 Å². The summed E-state index contributed by atoms with van der Waals surface area (Å²) in [7, 11) is 2.00. The maximum Gasteiger partial charge on any atom is 3.00 e. The molecule has 0 aliphatic heterocycles. The molecule has 0 spiro atoms. The minimum Gasteiger partial charge on any atom is -0.400 e. The van der Waals surface area contributed by atoms with Gasteiger partial charge in [-0.1, -0.05) is 0 Å². The minimum atomic E-state index is -1.75. The van der Waals surface area contributed by atoms with Gasteiger partial charge in [0.05, 0.1) is 52.4 Å². The quantitative estimate of drug-likeness (QED) is 0.0958. The van der Waals surface area contributed by atoms with Crippen molar-refractivity contribution in [2.75, 3.05) is 40.4 Å². The molecule has 2 rings (SSSR count). The molecule has 2 aromatic rings. The molecular formula is C14H25N10O11Sm. The van der Waals surface area contributed by atoms with E-state index in [1.165, 1.54) is 0 Å². The molecule has 21 nitrogen and oxygen atoms in total. The van der Waals surface area contributed by atoms with E-state index in [9.17, 15) is 0 Å². The zero-order chi connectivity index (χ0) is 27.9. The van der Waals surface area contributed by atoms with Crippen LogP contribution in [0.1, 0.15) is 11.4 Å². The van der Waals surface area contributed by atoms with Gasteiger partial charge in [0.25, 0.3) is 0 Å². The molecular weight excluding hydrogens is 635 g/mol. The van der Waals surface area contributed by atoms with E-state index in [1.807, 2.05) is 0 Å². The second kappa shape index (κ2) is 36.2. The fraction of sp³-hybridized carbons (Fsp3) is 0.429. The van der Waals surface area contributed by atoms with Crippen molar-refractivity contribution >= 4 is 12.4 Å². The van der Waals surface area contributed by atoms with E-state index in [0.29, 0.717) is 0 Å². The van der Waals surface area contributed by atoms with Crippen LogP contribution in [0.25, 0.3) is 0 Å². The molecule has 0 saturated carbocycles. The van der Waals surface area contributed by atoms with E-state index in [1.54, 1.807) is 37.5 Å². The summed E-state index contributed by atoms with van der Waals surface area (Å²) in [6.07, 6.45) is 10.4. The predicted molar refractivity (Wildman–Crippen MR) is 122 cm³/mol. The molecule has 0 unspecified atom stereocenters. The van der Waals surface area contributed by atoms with Crippen molar-refractivity contribution in [3.05, 3.63) is 82.4 Å². The molecule has 0 fully saturated rings.